The van der Waals surface area contributed by atoms with Gasteiger partial charge in [-0.05, 0) is 60.6 Å². The van der Waals surface area contributed by atoms with Crippen LogP contribution in [0, 0.1) is 30.6 Å². The molecule has 2 aromatic carbocycles. The molecule has 3 aliphatic carbocycles. The molecule has 32 heavy (non-hydrogen) atoms. The standard InChI is InChI=1S/C27H22N2O3/c1-14-11-12-28-24-19(14)3-2-4-20(24)29-27(32)16-7-5-15(6-8-16)23-25(30)21-17-9-10-18(13-17)22(21)26(23)31/h2-12,17-18,21-23H,13H2,1H3,(H,29,32)/t17-,18+,21-,22+,23?. The molecule has 1 heterocycles. The molecule has 158 valence electrons. The molecule has 1 amide bonds. The Morgan fingerprint density at radius 1 is 0.938 bits per heavy atom. The highest BCUT2D eigenvalue weighted by Gasteiger charge is 2.59. The smallest absolute Gasteiger partial charge is 0.255 e. The van der Waals surface area contributed by atoms with Crippen LogP contribution in [0.25, 0.3) is 10.9 Å². The van der Waals surface area contributed by atoms with Crippen LogP contribution >= 0.6 is 0 Å². The summed E-state index contributed by atoms with van der Waals surface area (Å²) in [5.74, 6) is -0.741. The molecule has 2 fully saturated rings. The minimum absolute atomic E-state index is 0.0475. The van der Waals surface area contributed by atoms with E-state index < -0.39 is 5.92 Å². The normalized spacial score (nSPS) is 27.8. The van der Waals surface area contributed by atoms with Gasteiger partial charge in [0.2, 0.25) is 0 Å². The molecule has 1 N–H and O–H groups in total. The summed E-state index contributed by atoms with van der Waals surface area (Å²) in [6.45, 7) is 2.01. The van der Waals surface area contributed by atoms with Gasteiger partial charge >= 0.3 is 0 Å². The summed E-state index contributed by atoms with van der Waals surface area (Å²) in [4.78, 5) is 43.4. The fourth-order valence-corrected chi connectivity index (χ4v) is 5.89. The zero-order valence-corrected chi connectivity index (χ0v) is 17.6. The lowest BCUT2D eigenvalue weighted by atomic mass is 9.85. The Balaban J connectivity index is 1.24. The van der Waals surface area contributed by atoms with Gasteiger partial charge < -0.3 is 5.32 Å². The van der Waals surface area contributed by atoms with Crippen molar-refractivity contribution in [3.8, 4) is 0 Å². The van der Waals surface area contributed by atoms with Crippen molar-refractivity contribution in [3.05, 3.63) is 83.6 Å². The zero-order valence-electron chi connectivity index (χ0n) is 17.6. The first-order chi connectivity index (χ1) is 15.5. The number of rotatable bonds is 3. The summed E-state index contributed by atoms with van der Waals surface area (Å²) in [6, 6.07) is 14.5. The van der Waals surface area contributed by atoms with Gasteiger partial charge in [0, 0.05) is 29.0 Å². The molecule has 0 aliphatic heterocycles. The number of fused-ring (bicyclic) bond motifs is 6. The van der Waals surface area contributed by atoms with Gasteiger partial charge in [-0.25, -0.2) is 0 Å². The van der Waals surface area contributed by atoms with Crippen molar-refractivity contribution in [1.82, 2.24) is 4.98 Å². The number of carbonyl (C=O) groups is 3. The molecule has 0 saturated heterocycles. The second-order valence-electron chi connectivity index (χ2n) is 9.14. The number of nitrogens with zero attached hydrogens (tertiary/aromatic N) is 1. The monoisotopic (exact) mass is 422 g/mol. The molecular weight excluding hydrogens is 400 g/mol. The Kier molecular flexibility index (Phi) is 4.15. The van der Waals surface area contributed by atoms with E-state index in [-0.39, 0.29) is 41.1 Å². The number of aromatic nitrogens is 1. The summed E-state index contributed by atoms with van der Waals surface area (Å²) < 4.78 is 0. The number of pyridine rings is 1. The third-order valence-electron chi connectivity index (χ3n) is 7.43. The first-order valence-electron chi connectivity index (χ1n) is 11.0. The van der Waals surface area contributed by atoms with Crippen molar-refractivity contribution in [3.63, 3.8) is 0 Å². The Bertz CT molecular complexity index is 1290. The minimum Gasteiger partial charge on any atom is -0.320 e. The van der Waals surface area contributed by atoms with Crippen LogP contribution in [0.1, 0.15) is 33.8 Å². The van der Waals surface area contributed by atoms with Crippen LogP contribution in [-0.4, -0.2) is 22.5 Å². The molecule has 2 saturated carbocycles. The number of amides is 1. The predicted molar refractivity (Wildman–Crippen MR) is 121 cm³/mol. The summed E-state index contributed by atoms with van der Waals surface area (Å²) >= 11 is 0. The highest BCUT2D eigenvalue weighted by molar-refractivity contribution is 6.17. The number of Topliss-reactive ketones (excluding diaryl/α,β-unsaturated/α-hetero) is 2. The van der Waals surface area contributed by atoms with Crippen molar-refractivity contribution < 1.29 is 14.4 Å². The molecule has 3 aliphatic rings. The lowest BCUT2D eigenvalue weighted by molar-refractivity contribution is -0.125. The van der Waals surface area contributed by atoms with E-state index in [0.717, 1.165) is 22.9 Å². The molecule has 2 bridgehead atoms. The van der Waals surface area contributed by atoms with Crippen LogP contribution < -0.4 is 5.32 Å². The molecule has 5 heteroatoms. The number of hydrogen-bond acceptors (Lipinski definition) is 4. The maximum absolute atomic E-state index is 13.1. The molecule has 5 nitrogen and oxygen atoms in total. The van der Waals surface area contributed by atoms with Crippen molar-refractivity contribution in [2.24, 2.45) is 23.7 Å². The van der Waals surface area contributed by atoms with Crippen molar-refractivity contribution in [2.75, 3.05) is 5.32 Å². The summed E-state index contributed by atoms with van der Waals surface area (Å²) in [5.41, 5.74) is 3.65. The van der Waals surface area contributed by atoms with E-state index in [0.29, 0.717) is 16.8 Å². The van der Waals surface area contributed by atoms with Gasteiger partial charge in [0.05, 0.1) is 11.2 Å². The molecule has 0 spiro atoms. The van der Waals surface area contributed by atoms with E-state index in [2.05, 4.69) is 22.5 Å². The number of nitrogens with one attached hydrogen (secondary N) is 1. The van der Waals surface area contributed by atoms with E-state index >= 15 is 0 Å². The van der Waals surface area contributed by atoms with Crippen LogP contribution in [0.2, 0.25) is 0 Å². The largest absolute Gasteiger partial charge is 0.320 e. The third kappa shape index (κ3) is 2.70. The number of hydrogen-bond donors (Lipinski definition) is 1. The molecule has 1 aromatic heterocycles. The molecule has 0 radical (unpaired) electrons. The summed E-state index contributed by atoms with van der Waals surface area (Å²) in [5, 5.41) is 3.94. The molecule has 6 rings (SSSR count). The second kappa shape index (κ2) is 6.95. The number of anilines is 1. The Labute approximate surface area is 185 Å². The Hall–Kier alpha value is -3.60. The number of para-hydroxylation sites is 1. The lowest BCUT2D eigenvalue weighted by Gasteiger charge is -2.16. The fraction of sp³-hybridized carbons (Fsp3) is 0.259. The van der Waals surface area contributed by atoms with Crippen LogP contribution in [0.4, 0.5) is 5.69 Å². The Morgan fingerprint density at radius 3 is 2.31 bits per heavy atom. The van der Waals surface area contributed by atoms with Gasteiger partial charge in [-0.2, -0.15) is 0 Å². The van der Waals surface area contributed by atoms with Crippen LogP contribution in [0.15, 0.2) is 66.9 Å². The van der Waals surface area contributed by atoms with Crippen LogP contribution in [-0.2, 0) is 9.59 Å². The van der Waals surface area contributed by atoms with E-state index in [1.54, 1.807) is 30.5 Å². The zero-order chi connectivity index (χ0) is 22.0. The molecule has 1 unspecified atom stereocenters. The van der Waals surface area contributed by atoms with Crippen LogP contribution in [0.5, 0.6) is 0 Å². The Morgan fingerprint density at radius 2 is 1.62 bits per heavy atom. The van der Waals surface area contributed by atoms with E-state index in [1.807, 2.05) is 31.2 Å². The maximum atomic E-state index is 13.1. The SMILES string of the molecule is Cc1ccnc2c(NC(=O)c3ccc(C4C(=O)[C@@H]5[C@H](C4=O)[C@@H]4C=C[C@H]5C4)cc3)cccc12. The average Bonchev–Trinajstić information content (AvgIpc) is 3.48. The maximum Gasteiger partial charge on any atom is 0.255 e. The van der Waals surface area contributed by atoms with E-state index in [9.17, 15) is 14.4 Å². The number of allylic oxidation sites excluding steroid dienone is 2. The van der Waals surface area contributed by atoms with E-state index in [1.165, 1.54) is 0 Å². The number of carbonyl (C=O) groups excluding carboxylic acids is 3. The third-order valence-corrected chi connectivity index (χ3v) is 7.43. The van der Waals surface area contributed by atoms with Gasteiger partial charge in [-0.3, -0.25) is 19.4 Å². The van der Waals surface area contributed by atoms with Gasteiger partial charge in [0.25, 0.3) is 5.91 Å². The van der Waals surface area contributed by atoms with Gasteiger partial charge in [0.1, 0.15) is 5.92 Å². The summed E-state index contributed by atoms with van der Waals surface area (Å²) in [7, 11) is 0. The summed E-state index contributed by atoms with van der Waals surface area (Å²) in [6.07, 6.45) is 6.88. The number of aryl methyl sites for hydroxylation is 1. The average molecular weight is 422 g/mol. The fourth-order valence-electron chi connectivity index (χ4n) is 5.89. The van der Waals surface area contributed by atoms with Gasteiger partial charge in [-0.15, -0.1) is 0 Å². The first kappa shape index (κ1) is 19.1. The minimum atomic E-state index is -0.697. The van der Waals surface area contributed by atoms with Crippen LogP contribution in [0.3, 0.4) is 0 Å². The second-order valence-corrected chi connectivity index (χ2v) is 9.14. The molecule has 5 atom stereocenters. The van der Waals surface area contributed by atoms with Gasteiger partial charge in [-0.1, -0.05) is 36.4 Å². The van der Waals surface area contributed by atoms with Crippen molar-refractivity contribution >= 4 is 34.1 Å². The highest BCUT2D eigenvalue weighted by atomic mass is 16.2. The topological polar surface area (TPSA) is 76.1 Å². The molecular formula is C27H22N2O3. The highest BCUT2D eigenvalue weighted by Crippen LogP contribution is 2.55. The number of ketones is 2. The number of benzene rings is 2. The van der Waals surface area contributed by atoms with E-state index in [4.69, 9.17) is 0 Å². The predicted octanol–water partition coefficient (Wildman–Crippen LogP) is 4.47. The first-order valence-corrected chi connectivity index (χ1v) is 11.0. The quantitative estimate of drug-likeness (QED) is 0.499. The van der Waals surface area contributed by atoms with Crippen molar-refractivity contribution in [2.45, 2.75) is 19.3 Å². The van der Waals surface area contributed by atoms with Gasteiger partial charge in [0.15, 0.2) is 11.6 Å². The lowest BCUT2D eigenvalue weighted by Crippen LogP contribution is -2.21. The molecule has 3 aromatic rings. The van der Waals surface area contributed by atoms with Crippen molar-refractivity contribution in [1.29, 1.82) is 0 Å².